The van der Waals surface area contributed by atoms with Crippen LogP contribution in [0.3, 0.4) is 0 Å². The average molecular weight is 278 g/mol. The minimum Gasteiger partial charge on any atom is -0.466 e. The molecule has 1 aromatic heterocycles. The first-order chi connectivity index (χ1) is 8.82. The van der Waals surface area contributed by atoms with Gasteiger partial charge in [0.2, 0.25) is 5.95 Å². The topological polar surface area (TPSA) is 90.1 Å². The molecule has 0 bridgehead atoms. The van der Waals surface area contributed by atoms with E-state index in [1.54, 1.807) is 6.92 Å². The van der Waals surface area contributed by atoms with Crippen LogP contribution in [0.1, 0.15) is 19.0 Å². The molecular weight excluding hydrogens is 265 g/mol. The monoisotopic (exact) mass is 278 g/mol. The van der Waals surface area contributed by atoms with Crippen molar-refractivity contribution < 1.29 is 22.7 Å². The van der Waals surface area contributed by atoms with E-state index >= 15 is 0 Å². The third-order valence-corrected chi connectivity index (χ3v) is 1.97. The van der Waals surface area contributed by atoms with Gasteiger partial charge in [-0.1, -0.05) is 0 Å². The molecule has 1 rings (SSSR count). The molecule has 1 heterocycles. The number of aromatic nitrogens is 2. The van der Waals surface area contributed by atoms with E-state index in [9.17, 15) is 18.0 Å². The highest BCUT2D eigenvalue weighted by molar-refractivity contribution is 5.70. The van der Waals surface area contributed by atoms with Crippen LogP contribution in [0.25, 0.3) is 0 Å². The van der Waals surface area contributed by atoms with Crippen LogP contribution < -0.4 is 11.1 Å². The summed E-state index contributed by atoms with van der Waals surface area (Å²) >= 11 is 0. The molecule has 0 fully saturated rings. The largest absolute Gasteiger partial charge is 0.466 e. The summed E-state index contributed by atoms with van der Waals surface area (Å²) in [6, 6.07) is 0.724. The number of hydrogen-bond donors (Lipinski definition) is 2. The molecule has 0 saturated heterocycles. The molecule has 3 N–H and O–H groups in total. The molecule has 0 atom stereocenters. The van der Waals surface area contributed by atoms with Gasteiger partial charge in [0.1, 0.15) is 5.82 Å². The summed E-state index contributed by atoms with van der Waals surface area (Å²) < 4.78 is 42.0. The summed E-state index contributed by atoms with van der Waals surface area (Å²) in [4.78, 5) is 17.7. The highest BCUT2D eigenvalue weighted by Gasteiger charge is 2.33. The molecule has 0 radical (unpaired) electrons. The Bertz CT molecular complexity index is 451. The highest BCUT2D eigenvalue weighted by atomic mass is 19.4. The SMILES string of the molecule is CCOC(=O)CCNc1cc(C(F)(F)F)nc(N)n1. The van der Waals surface area contributed by atoms with Crippen molar-refractivity contribution in [2.45, 2.75) is 19.5 Å². The third-order valence-electron chi connectivity index (χ3n) is 1.97. The van der Waals surface area contributed by atoms with E-state index in [2.05, 4.69) is 20.0 Å². The number of nitrogens with two attached hydrogens (primary N) is 1. The van der Waals surface area contributed by atoms with Crippen molar-refractivity contribution >= 4 is 17.7 Å². The second-order valence-electron chi connectivity index (χ2n) is 3.48. The second-order valence-corrected chi connectivity index (χ2v) is 3.48. The molecule has 0 amide bonds. The minimum absolute atomic E-state index is 0.0130. The van der Waals surface area contributed by atoms with Crippen molar-refractivity contribution in [3.63, 3.8) is 0 Å². The van der Waals surface area contributed by atoms with Crippen molar-refractivity contribution in [2.24, 2.45) is 0 Å². The first-order valence-electron chi connectivity index (χ1n) is 5.44. The number of halogens is 3. The molecule has 106 valence electrons. The van der Waals surface area contributed by atoms with Crippen molar-refractivity contribution in [1.82, 2.24) is 9.97 Å². The zero-order valence-corrected chi connectivity index (χ0v) is 10.1. The molecule has 1 aromatic rings. The van der Waals surface area contributed by atoms with Crippen LogP contribution in [0.15, 0.2) is 6.07 Å². The quantitative estimate of drug-likeness (QED) is 0.792. The zero-order chi connectivity index (χ0) is 14.5. The number of carbonyl (C=O) groups is 1. The van der Waals surface area contributed by atoms with E-state index in [0.29, 0.717) is 0 Å². The van der Waals surface area contributed by atoms with Crippen LogP contribution in [-0.4, -0.2) is 29.1 Å². The molecule has 0 aliphatic rings. The first-order valence-corrected chi connectivity index (χ1v) is 5.44. The molecule has 0 spiro atoms. The summed E-state index contributed by atoms with van der Waals surface area (Å²) in [6.07, 6.45) is -4.59. The normalized spacial score (nSPS) is 11.2. The Hall–Kier alpha value is -2.06. The number of nitrogens with one attached hydrogen (secondary N) is 1. The van der Waals surface area contributed by atoms with Gasteiger partial charge in [0, 0.05) is 12.6 Å². The Morgan fingerprint density at radius 3 is 2.74 bits per heavy atom. The number of hydrogen-bond acceptors (Lipinski definition) is 6. The maximum absolute atomic E-state index is 12.5. The van der Waals surface area contributed by atoms with E-state index in [4.69, 9.17) is 5.73 Å². The first kappa shape index (κ1) is 15.0. The van der Waals surface area contributed by atoms with E-state index in [1.165, 1.54) is 0 Å². The Morgan fingerprint density at radius 2 is 2.16 bits per heavy atom. The predicted octanol–water partition coefficient (Wildman–Crippen LogP) is 1.44. The van der Waals surface area contributed by atoms with E-state index in [1.807, 2.05) is 0 Å². The van der Waals surface area contributed by atoms with Gasteiger partial charge in [-0.3, -0.25) is 4.79 Å². The van der Waals surface area contributed by atoms with Gasteiger partial charge in [0.25, 0.3) is 0 Å². The number of esters is 1. The van der Waals surface area contributed by atoms with E-state index in [-0.39, 0.29) is 25.4 Å². The smallest absolute Gasteiger partial charge is 0.433 e. The fraction of sp³-hybridized carbons (Fsp3) is 0.500. The van der Waals surface area contributed by atoms with Crippen molar-refractivity contribution in [1.29, 1.82) is 0 Å². The number of nitrogens with zero attached hydrogens (tertiary/aromatic N) is 2. The number of alkyl halides is 3. The van der Waals surface area contributed by atoms with Crippen LogP contribution in [0.2, 0.25) is 0 Å². The Morgan fingerprint density at radius 1 is 1.47 bits per heavy atom. The van der Waals surface area contributed by atoms with Crippen molar-refractivity contribution in [3.8, 4) is 0 Å². The molecule has 19 heavy (non-hydrogen) atoms. The molecule has 0 unspecified atom stereocenters. The maximum atomic E-state index is 12.5. The van der Waals surface area contributed by atoms with Gasteiger partial charge in [0.05, 0.1) is 13.0 Å². The van der Waals surface area contributed by atoms with Gasteiger partial charge >= 0.3 is 12.1 Å². The molecule has 9 heteroatoms. The predicted molar refractivity (Wildman–Crippen MR) is 61.2 cm³/mol. The number of rotatable bonds is 5. The Balaban J connectivity index is 2.64. The number of anilines is 2. The van der Waals surface area contributed by atoms with E-state index in [0.717, 1.165) is 6.07 Å². The van der Waals surface area contributed by atoms with Crippen LogP contribution in [0, 0.1) is 0 Å². The lowest BCUT2D eigenvalue weighted by molar-refractivity contribution is -0.143. The van der Waals surface area contributed by atoms with Gasteiger partial charge in [-0.25, -0.2) is 4.98 Å². The van der Waals surface area contributed by atoms with Gasteiger partial charge in [-0.15, -0.1) is 0 Å². The highest BCUT2D eigenvalue weighted by Crippen LogP contribution is 2.29. The van der Waals surface area contributed by atoms with Crippen molar-refractivity contribution in [2.75, 3.05) is 24.2 Å². The summed E-state index contributed by atoms with van der Waals surface area (Å²) in [5.41, 5.74) is 4.04. The van der Waals surface area contributed by atoms with Gasteiger partial charge in [-0.05, 0) is 6.92 Å². The Labute approximate surface area is 107 Å². The lowest BCUT2D eigenvalue weighted by atomic mass is 10.3. The summed E-state index contributed by atoms with van der Waals surface area (Å²) in [7, 11) is 0. The molecular formula is C10H13F3N4O2. The Kier molecular flexibility index (Phi) is 4.90. The van der Waals surface area contributed by atoms with Crippen LogP contribution in [-0.2, 0) is 15.7 Å². The fourth-order valence-electron chi connectivity index (χ4n) is 1.23. The lowest BCUT2D eigenvalue weighted by Crippen LogP contribution is -2.15. The molecule has 0 aliphatic carbocycles. The van der Waals surface area contributed by atoms with Gasteiger partial charge in [0.15, 0.2) is 5.69 Å². The van der Waals surface area contributed by atoms with Crippen LogP contribution in [0.5, 0.6) is 0 Å². The molecule has 0 aromatic carbocycles. The van der Waals surface area contributed by atoms with Crippen LogP contribution in [0.4, 0.5) is 24.9 Å². The molecule has 6 nitrogen and oxygen atoms in total. The standard InChI is InChI=1S/C10H13F3N4O2/c1-2-19-8(18)3-4-15-7-5-6(10(11,12)13)16-9(14)17-7/h5H,2-4H2,1H3,(H3,14,15,16,17). The number of ether oxygens (including phenoxy) is 1. The third kappa shape index (κ3) is 4.98. The summed E-state index contributed by atoms with van der Waals surface area (Å²) in [5.74, 6) is -1.04. The zero-order valence-electron chi connectivity index (χ0n) is 10.1. The summed E-state index contributed by atoms with van der Waals surface area (Å²) in [5, 5.41) is 2.56. The average Bonchev–Trinajstić information content (AvgIpc) is 2.27. The molecule has 0 aliphatic heterocycles. The fourth-order valence-corrected chi connectivity index (χ4v) is 1.23. The maximum Gasteiger partial charge on any atom is 0.433 e. The summed E-state index contributed by atoms with van der Waals surface area (Å²) in [6.45, 7) is 2.00. The number of carbonyl (C=O) groups excluding carboxylic acids is 1. The molecule has 0 saturated carbocycles. The lowest BCUT2D eigenvalue weighted by Gasteiger charge is -2.10. The second kappa shape index (κ2) is 6.21. The van der Waals surface area contributed by atoms with Crippen molar-refractivity contribution in [3.05, 3.63) is 11.8 Å². The van der Waals surface area contributed by atoms with E-state index < -0.39 is 23.8 Å². The minimum atomic E-state index is -4.60. The van der Waals surface area contributed by atoms with Gasteiger partial charge < -0.3 is 15.8 Å². The van der Waals surface area contributed by atoms with Crippen LogP contribution >= 0.6 is 0 Å². The number of nitrogen functional groups attached to an aromatic ring is 1. The van der Waals surface area contributed by atoms with Gasteiger partial charge in [-0.2, -0.15) is 18.2 Å².